The van der Waals surface area contributed by atoms with Crippen LogP contribution < -0.4 is 9.64 Å². The van der Waals surface area contributed by atoms with Crippen molar-refractivity contribution >= 4 is 15.7 Å². The molecular formula is C21H24F2N4O3S. The van der Waals surface area contributed by atoms with Crippen LogP contribution in [0, 0.1) is 4.78 Å². The normalized spacial score (nSPS) is 26.2. The molecule has 0 spiro atoms. The molecule has 7 nitrogen and oxygen atoms in total. The molecule has 2 fully saturated rings. The fraction of sp³-hybridized carbons (Fsp3) is 0.524. The van der Waals surface area contributed by atoms with Gasteiger partial charge in [-0.2, -0.15) is 8.78 Å². The quantitative estimate of drug-likeness (QED) is 0.725. The molecule has 0 unspecified atom stereocenters. The van der Waals surface area contributed by atoms with E-state index in [1.165, 1.54) is 7.11 Å². The van der Waals surface area contributed by atoms with Crippen LogP contribution in [0.15, 0.2) is 23.1 Å². The zero-order valence-electron chi connectivity index (χ0n) is 17.3. The fourth-order valence-electron chi connectivity index (χ4n) is 4.27. The molecule has 2 heterocycles. The standard InChI is InChI=1S/C21H24F2N4O3S/c1-11-15(28)10-27(11)20-25-18(14-7-8-21(22,23)19(14)26-20)12-3-6-16(30-2)17(9-12)31(24,29)13-4-5-13/h3,6,9,11,13,15,24,28H,4-5,7-8,10H2,1-2H3/t11-,15+,31-/m0/s1. The second-order valence-electron chi connectivity index (χ2n) is 8.53. The predicted molar refractivity (Wildman–Crippen MR) is 111 cm³/mol. The summed E-state index contributed by atoms with van der Waals surface area (Å²) in [6.45, 7) is 2.07. The molecule has 2 aliphatic carbocycles. The number of aliphatic hydroxyl groups excluding tert-OH is 1. The number of nitrogens with one attached hydrogen (secondary N) is 1. The van der Waals surface area contributed by atoms with E-state index in [1.807, 2.05) is 0 Å². The monoisotopic (exact) mass is 450 g/mol. The van der Waals surface area contributed by atoms with Gasteiger partial charge in [-0.05, 0) is 44.4 Å². The molecule has 10 heteroatoms. The van der Waals surface area contributed by atoms with Gasteiger partial charge in [-0.25, -0.2) is 19.0 Å². The Morgan fingerprint density at radius 2 is 2.06 bits per heavy atom. The van der Waals surface area contributed by atoms with Crippen molar-refractivity contribution in [2.45, 2.75) is 60.8 Å². The summed E-state index contributed by atoms with van der Waals surface area (Å²) in [7, 11) is -1.62. The molecule has 1 aliphatic heterocycles. The number of alkyl halides is 2. The van der Waals surface area contributed by atoms with Crippen LogP contribution in [0.25, 0.3) is 11.3 Å². The predicted octanol–water partition coefficient (Wildman–Crippen LogP) is 3.33. The number of aliphatic hydroxyl groups is 1. The van der Waals surface area contributed by atoms with Crippen molar-refractivity contribution in [3.63, 3.8) is 0 Å². The minimum absolute atomic E-state index is 0.135. The van der Waals surface area contributed by atoms with Crippen molar-refractivity contribution in [3.05, 3.63) is 29.5 Å². The van der Waals surface area contributed by atoms with E-state index in [0.29, 0.717) is 22.6 Å². The Morgan fingerprint density at radius 1 is 1.32 bits per heavy atom. The van der Waals surface area contributed by atoms with Crippen molar-refractivity contribution in [3.8, 4) is 17.0 Å². The lowest BCUT2D eigenvalue weighted by Gasteiger charge is -2.43. The van der Waals surface area contributed by atoms with Crippen molar-refractivity contribution in [2.75, 3.05) is 18.6 Å². The number of hydrogen-bond donors (Lipinski definition) is 2. The Kier molecular flexibility index (Phi) is 4.53. The number of aromatic nitrogens is 2. The summed E-state index contributed by atoms with van der Waals surface area (Å²) in [6.07, 6.45) is 0.691. The maximum atomic E-state index is 14.6. The van der Waals surface area contributed by atoms with E-state index >= 15 is 0 Å². The smallest absolute Gasteiger partial charge is 0.290 e. The van der Waals surface area contributed by atoms with Gasteiger partial charge in [0, 0.05) is 29.3 Å². The maximum absolute atomic E-state index is 14.6. The molecule has 2 N–H and O–H groups in total. The van der Waals surface area contributed by atoms with Gasteiger partial charge in [0.2, 0.25) is 5.95 Å². The van der Waals surface area contributed by atoms with Crippen LogP contribution in [0.5, 0.6) is 5.75 Å². The molecule has 0 radical (unpaired) electrons. The van der Waals surface area contributed by atoms with E-state index in [1.54, 1.807) is 30.0 Å². The molecule has 1 saturated carbocycles. The van der Waals surface area contributed by atoms with Crippen LogP contribution >= 0.6 is 0 Å². The second kappa shape index (κ2) is 6.83. The molecule has 1 aromatic heterocycles. The summed E-state index contributed by atoms with van der Waals surface area (Å²) < 4.78 is 56.2. The largest absolute Gasteiger partial charge is 0.495 e. The first-order valence-electron chi connectivity index (χ1n) is 10.3. The number of β-amino-alcohol motifs (C(OH)–C–C–N with tert-alkyl or cyclic N) is 1. The number of ether oxygens (including phenoxy) is 1. The highest BCUT2D eigenvalue weighted by atomic mass is 32.2. The van der Waals surface area contributed by atoms with Gasteiger partial charge in [0.1, 0.15) is 11.4 Å². The first-order chi connectivity index (χ1) is 14.6. The molecule has 0 amide bonds. The number of hydrogen-bond acceptors (Lipinski definition) is 7. The van der Waals surface area contributed by atoms with Crippen LogP contribution in [0.2, 0.25) is 0 Å². The Hall–Kier alpha value is -2.33. The van der Waals surface area contributed by atoms with E-state index < -0.39 is 21.8 Å². The third-order valence-electron chi connectivity index (χ3n) is 6.48. The molecule has 1 saturated heterocycles. The van der Waals surface area contributed by atoms with E-state index in [-0.39, 0.29) is 47.2 Å². The molecule has 2 aromatic rings. The molecule has 166 valence electrons. The topological polar surface area (TPSA) is 99.4 Å². The maximum Gasteiger partial charge on any atom is 0.290 e. The first-order valence-corrected chi connectivity index (χ1v) is 12.0. The van der Waals surface area contributed by atoms with Gasteiger partial charge in [0.25, 0.3) is 5.92 Å². The van der Waals surface area contributed by atoms with E-state index in [2.05, 4.69) is 9.97 Å². The number of halogens is 2. The summed E-state index contributed by atoms with van der Waals surface area (Å²) in [4.78, 5) is 10.8. The highest BCUT2D eigenvalue weighted by molar-refractivity contribution is 7.93. The third-order valence-corrected chi connectivity index (χ3v) is 8.86. The second-order valence-corrected chi connectivity index (χ2v) is 10.8. The highest BCUT2D eigenvalue weighted by Crippen LogP contribution is 2.46. The summed E-state index contributed by atoms with van der Waals surface area (Å²) in [5.41, 5.74) is 0.970. The molecule has 0 bridgehead atoms. The molecule has 5 rings (SSSR count). The van der Waals surface area contributed by atoms with Gasteiger partial charge in [-0.3, -0.25) is 0 Å². The first kappa shape index (κ1) is 20.6. The zero-order valence-corrected chi connectivity index (χ0v) is 18.1. The number of nitrogens with zero attached hydrogens (tertiary/aromatic N) is 3. The van der Waals surface area contributed by atoms with E-state index in [9.17, 15) is 18.1 Å². The van der Waals surface area contributed by atoms with Gasteiger partial charge in [-0.15, -0.1) is 0 Å². The minimum Gasteiger partial charge on any atom is -0.495 e. The SMILES string of the molecule is COc1ccc(-c2nc(N3C[C@@H](O)[C@@H]3C)nc3c2CCC3(F)F)cc1[S@@](=N)(=O)C1CC1. The van der Waals surface area contributed by atoms with Crippen LogP contribution in [-0.2, 0) is 22.1 Å². The minimum atomic E-state index is -3.07. The molecular weight excluding hydrogens is 426 g/mol. The number of benzene rings is 1. The van der Waals surface area contributed by atoms with Crippen molar-refractivity contribution < 1.29 is 22.8 Å². The molecule has 3 aliphatic rings. The van der Waals surface area contributed by atoms with Crippen molar-refractivity contribution in [2.24, 2.45) is 0 Å². The molecule has 31 heavy (non-hydrogen) atoms. The number of anilines is 1. The van der Waals surface area contributed by atoms with Gasteiger partial charge in [0.15, 0.2) is 0 Å². The molecule has 1 aromatic carbocycles. The lowest BCUT2D eigenvalue weighted by Crippen LogP contribution is -2.59. The Labute approximate surface area is 179 Å². The van der Waals surface area contributed by atoms with Gasteiger partial charge < -0.3 is 14.7 Å². The highest BCUT2D eigenvalue weighted by Gasteiger charge is 2.45. The van der Waals surface area contributed by atoms with Gasteiger partial charge >= 0.3 is 0 Å². The van der Waals surface area contributed by atoms with Crippen molar-refractivity contribution in [1.82, 2.24) is 9.97 Å². The lowest BCUT2D eigenvalue weighted by atomic mass is 10.0. The number of methoxy groups -OCH3 is 1. The summed E-state index contributed by atoms with van der Waals surface area (Å²) >= 11 is 0. The Balaban J connectivity index is 1.68. The van der Waals surface area contributed by atoms with Crippen LogP contribution in [0.4, 0.5) is 14.7 Å². The Morgan fingerprint density at radius 3 is 2.68 bits per heavy atom. The zero-order chi connectivity index (χ0) is 22.1. The van der Waals surface area contributed by atoms with Crippen LogP contribution in [0.3, 0.4) is 0 Å². The summed E-state index contributed by atoms with van der Waals surface area (Å²) in [5.74, 6) is -2.55. The van der Waals surface area contributed by atoms with Gasteiger partial charge in [-0.1, -0.05) is 0 Å². The van der Waals surface area contributed by atoms with E-state index in [0.717, 1.165) is 12.8 Å². The average molecular weight is 451 g/mol. The van der Waals surface area contributed by atoms with Crippen molar-refractivity contribution in [1.29, 1.82) is 4.78 Å². The van der Waals surface area contributed by atoms with Crippen LogP contribution in [0.1, 0.15) is 37.4 Å². The summed E-state index contributed by atoms with van der Waals surface area (Å²) in [6, 6.07) is 4.65. The fourth-order valence-corrected chi connectivity index (χ4v) is 6.18. The lowest BCUT2D eigenvalue weighted by molar-refractivity contribution is -0.00603. The third kappa shape index (κ3) is 3.18. The number of fused-ring (bicyclic) bond motifs is 1. The Bertz CT molecular complexity index is 1170. The summed E-state index contributed by atoms with van der Waals surface area (Å²) in [5, 5.41) is 9.65. The molecule has 3 atom stereocenters. The van der Waals surface area contributed by atoms with Crippen LogP contribution in [-0.4, -0.2) is 50.3 Å². The average Bonchev–Trinajstić information content (AvgIpc) is 3.57. The van der Waals surface area contributed by atoms with Gasteiger partial charge in [0.05, 0.1) is 39.6 Å². The van der Waals surface area contributed by atoms with E-state index in [4.69, 9.17) is 9.52 Å². The number of rotatable bonds is 5.